The number of aromatic nitrogens is 5. The van der Waals surface area contributed by atoms with Crippen LogP contribution in [0.25, 0.3) is 11.4 Å². The van der Waals surface area contributed by atoms with Crippen molar-refractivity contribution in [3.05, 3.63) is 58.4 Å². The molecule has 0 saturated heterocycles. The molecule has 4 rings (SSSR count). The van der Waals surface area contributed by atoms with Gasteiger partial charge in [-0.3, -0.25) is 5.10 Å². The van der Waals surface area contributed by atoms with E-state index in [2.05, 4.69) is 36.8 Å². The van der Waals surface area contributed by atoms with Crippen LogP contribution in [0.1, 0.15) is 16.6 Å². The van der Waals surface area contributed by atoms with Crippen molar-refractivity contribution in [1.82, 2.24) is 25.3 Å². The number of benzene rings is 1. The molecule has 0 bridgehead atoms. The Balaban J connectivity index is 1.40. The lowest BCUT2D eigenvalue weighted by Gasteiger charge is -2.02. The fourth-order valence-corrected chi connectivity index (χ4v) is 3.74. The van der Waals surface area contributed by atoms with Gasteiger partial charge in [-0.05, 0) is 23.6 Å². The molecular weight excluding hydrogens is 370 g/mol. The standard InChI is InChI=1S/C17H15N5O2S2/c1-23-13-7-3-2-6-12(13)16-19-15(24-22-16)10-26-17-18-14(20-21-17)9-11-5-4-8-25-11/h2-8H,9-10H2,1H3,(H,18,20,21). The SMILES string of the molecule is COc1ccccc1-c1noc(CSc2n[nH]c(Cc3cccs3)n2)n1. The van der Waals surface area contributed by atoms with Gasteiger partial charge in [0, 0.05) is 11.3 Å². The number of nitrogens with zero attached hydrogens (tertiary/aromatic N) is 4. The Hall–Kier alpha value is -2.65. The largest absolute Gasteiger partial charge is 0.496 e. The number of H-pyrrole nitrogens is 1. The minimum Gasteiger partial charge on any atom is -0.496 e. The third-order valence-corrected chi connectivity index (χ3v) is 5.28. The van der Waals surface area contributed by atoms with Crippen molar-refractivity contribution < 1.29 is 9.26 Å². The maximum Gasteiger partial charge on any atom is 0.237 e. The minimum atomic E-state index is 0.498. The summed E-state index contributed by atoms with van der Waals surface area (Å²) in [5, 5.41) is 13.9. The summed E-state index contributed by atoms with van der Waals surface area (Å²) in [5.74, 6) is 3.07. The number of thiophene rings is 1. The van der Waals surface area contributed by atoms with Crippen LogP contribution in [0, 0.1) is 0 Å². The van der Waals surface area contributed by atoms with Gasteiger partial charge in [0.2, 0.25) is 16.9 Å². The highest BCUT2D eigenvalue weighted by Crippen LogP contribution is 2.28. The summed E-state index contributed by atoms with van der Waals surface area (Å²) in [6.45, 7) is 0. The van der Waals surface area contributed by atoms with Crippen LogP contribution in [0.2, 0.25) is 0 Å². The monoisotopic (exact) mass is 385 g/mol. The second-order valence-electron chi connectivity index (χ2n) is 5.32. The maximum absolute atomic E-state index is 5.33. The van der Waals surface area contributed by atoms with E-state index in [1.54, 1.807) is 18.4 Å². The van der Waals surface area contributed by atoms with Gasteiger partial charge in [0.25, 0.3) is 0 Å². The van der Waals surface area contributed by atoms with Crippen molar-refractivity contribution in [2.45, 2.75) is 17.3 Å². The summed E-state index contributed by atoms with van der Waals surface area (Å²) in [5.41, 5.74) is 0.797. The first kappa shape index (κ1) is 16.8. The van der Waals surface area contributed by atoms with Crippen molar-refractivity contribution in [2.24, 2.45) is 0 Å². The van der Waals surface area contributed by atoms with Crippen molar-refractivity contribution >= 4 is 23.1 Å². The number of ether oxygens (including phenoxy) is 1. The second kappa shape index (κ2) is 7.71. The summed E-state index contributed by atoms with van der Waals surface area (Å²) in [7, 11) is 1.62. The molecule has 3 heterocycles. The lowest BCUT2D eigenvalue weighted by atomic mass is 10.2. The van der Waals surface area contributed by atoms with E-state index in [4.69, 9.17) is 9.26 Å². The van der Waals surface area contributed by atoms with E-state index in [1.165, 1.54) is 16.6 Å². The molecule has 1 N–H and O–H groups in total. The molecule has 0 saturated carbocycles. The van der Waals surface area contributed by atoms with Gasteiger partial charge in [-0.1, -0.05) is 35.1 Å². The van der Waals surface area contributed by atoms with E-state index in [0.717, 1.165) is 17.8 Å². The predicted molar refractivity (Wildman–Crippen MR) is 99.4 cm³/mol. The summed E-state index contributed by atoms with van der Waals surface area (Å²) in [6, 6.07) is 11.7. The molecule has 0 aliphatic heterocycles. The van der Waals surface area contributed by atoms with E-state index in [1.807, 2.05) is 30.3 Å². The van der Waals surface area contributed by atoms with Crippen LogP contribution in [0.15, 0.2) is 51.5 Å². The molecule has 4 aromatic rings. The zero-order valence-electron chi connectivity index (χ0n) is 13.9. The van der Waals surface area contributed by atoms with Crippen LogP contribution in [0.4, 0.5) is 0 Å². The van der Waals surface area contributed by atoms with Gasteiger partial charge in [-0.15, -0.1) is 16.4 Å². The fraction of sp³-hybridized carbons (Fsp3) is 0.176. The zero-order valence-corrected chi connectivity index (χ0v) is 15.5. The molecule has 1 aromatic carbocycles. The van der Waals surface area contributed by atoms with Crippen molar-refractivity contribution in [3.8, 4) is 17.1 Å². The lowest BCUT2D eigenvalue weighted by molar-refractivity contribution is 0.390. The minimum absolute atomic E-state index is 0.498. The molecule has 0 atom stereocenters. The van der Waals surface area contributed by atoms with Gasteiger partial charge in [0.15, 0.2) is 0 Å². The third-order valence-electron chi connectivity index (χ3n) is 3.57. The van der Waals surface area contributed by atoms with Crippen LogP contribution in [-0.2, 0) is 12.2 Å². The highest BCUT2D eigenvalue weighted by atomic mass is 32.2. The summed E-state index contributed by atoms with van der Waals surface area (Å²) < 4.78 is 10.7. The van der Waals surface area contributed by atoms with Gasteiger partial charge >= 0.3 is 0 Å². The number of para-hydroxylation sites is 1. The number of hydrogen-bond donors (Lipinski definition) is 1. The normalized spacial score (nSPS) is 11.0. The fourth-order valence-electron chi connectivity index (χ4n) is 2.38. The Labute approximate surface area is 157 Å². The number of nitrogens with one attached hydrogen (secondary N) is 1. The van der Waals surface area contributed by atoms with Gasteiger partial charge in [0.05, 0.1) is 18.4 Å². The maximum atomic E-state index is 5.33. The average molecular weight is 385 g/mol. The molecule has 0 aliphatic carbocycles. The van der Waals surface area contributed by atoms with E-state index < -0.39 is 0 Å². The molecular formula is C17H15N5O2S2. The third kappa shape index (κ3) is 3.78. The highest BCUT2D eigenvalue weighted by molar-refractivity contribution is 7.98. The highest BCUT2D eigenvalue weighted by Gasteiger charge is 2.14. The first-order valence-electron chi connectivity index (χ1n) is 7.84. The first-order chi connectivity index (χ1) is 12.8. The van der Waals surface area contributed by atoms with E-state index in [-0.39, 0.29) is 0 Å². The van der Waals surface area contributed by atoms with Crippen molar-refractivity contribution in [2.75, 3.05) is 7.11 Å². The number of thioether (sulfide) groups is 1. The molecule has 0 fully saturated rings. The number of methoxy groups -OCH3 is 1. The molecule has 132 valence electrons. The van der Waals surface area contributed by atoms with Crippen LogP contribution in [-0.4, -0.2) is 32.4 Å². The Bertz CT molecular complexity index is 981. The summed E-state index contributed by atoms with van der Waals surface area (Å²) in [4.78, 5) is 10.2. The Morgan fingerprint density at radius 2 is 2.12 bits per heavy atom. The molecule has 0 spiro atoms. The van der Waals surface area contributed by atoms with E-state index in [9.17, 15) is 0 Å². The lowest BCUT2D eigenvalue weighted by Crippen LogP contribution is -1.89. The molecule has 3 aromatic heterocycles. The first-order valence-corrected chi connectivity index (χ1v) is 9.71. The van der Waals surface area contributed by atoms with Gasteiger partial charge in [0.1, 0.15) is 11.6 Å². The van der Waals surface area contributed by atoms with Crippen LogP contribution >= 0.6 is 23.1 Å². The Kier molecular flexibility index (Phi) is 4.98. The summed E-state index contributed by atoms with van der Waals surface area (Å²) >= 11 is 3.15. The molecule has 26 heavy (non-hydrogen) atoms. The summed E-state index contributed by atoms with van der Waals surface area (Å²) in [6.07, 6.45) is 0.754. The molecule has 0 unspecified atom stereocenters. The van der Waals surface area contributed by atoms with Gasteiger partial charge < -0.3 is 9.26 Å². The number of aromatic amines is 1. The average Bonchev–Trinajstić information content (AvgIpc) is 3.42. The zero-order chi connectivity index (χ0) is 17.8. The van der Waals surface area contributed by atoms with Gasteiger partial charge in [-0.25, -0.2) is 4.98 Å². The second-order valence-corrected chi connectivity index (χ2v) is 7.30. The molecule has 9 heteroatoms. The van der Waals surface area contributed by atoms with E-state index in [0.29, 0.717) is 28.4 Å². The van der Waals surface area contributed by atoms with Crippen LogP contribution in [0.3, 0.4) is 0 Å². The molecule has 0 amide bonds. The Morgan fingerprint density at radius 1 is 1.19 bits per heavy atom. The smallest absolute Gasteiger partial charge is 0.237 e. The van der Waals surface area contributed by atoms with Crippen molar-refractivity contribution in [1.29, 1.82) is 0 Å². The van der Waals surface area contributed by atoms with Gasteiger partial charge in [-0.2, -0.15) is 4.98 Å². The predicted octanol–water partition coefficient (Wildman–Crippen LogP) is 3.81. The van der Waals surface area contributed by atoms with Crippen molar-refractivity contribution in [3.63, 3.8) is 0 Å². The van der Waals surface area contributed by atoms with Crippen LogP contribution in [0.5, 0.6) is 5.75 Å². The van der Waals surface area contributed by atoms with Crippen LogP contribution < -0.4 is 4.74 Å². The Morgan fingerprint density at radius 3 is 2.96 bits per heavy atom. The topological polar surface area (TPSA) is 89.7 Å². The molecule has 7 nitrogen and oxygen atoms in total. The van der Waals surface area contributed by atoms with E-state index >= 15 is 0 Å². The molecule has 0 aliphatic rings. The quantitative estimate of drug-likeness (QED) is 0.484. The number of hydrogen-bond acceptors (Lipinski definition) is 8. The molecule has 0 radical (unpaired) electrons. The number of rotatable bonds is 7.